The third-order valence-corrected chi connectivity index (χ3v) is 3.73. The number of carbonyl (C=O) groups is 1. The number of nitrogens with zero attached hydrogens (tertiary/aromatic N) is 3. The highest BCUT2D eigenvalue weighted by atomic mass is 16.5. The Morgan fingerprint density at radius 2 is 2.00 bits per heavy atom. The lowest BCUT2D eigenvalue weighted by molar-refractivity contribution is 0.0950. The molecule has 0 radical (unpaired) electrons. The predicted octanol–water partition coefficient (Wildman–Crippen LogP) is 2.51. The molecule has 0 saturated carbocycles. The van der Waals surface area contributed by atoms with Gasteiger partial charge in [-0.05, 0) is 43.3 Å². The molecule has 3 aromatic rings. The van der Waals surface area contributed by atoms with Crippen LogP contribution < -0.4 is 10.1 Å². The maximum atomic E-state index is 12.4. The summed E-state index contributed by atoms with van der Waals surface area (Å²) in [7, 11) is 1.62. The number of rotatable bonds is 5. The topological polar surface area (TPSA) is 69.0 Å². The Hall–Kier alpha value is -3.15. The van der Waals surface area contributed by atoms with Crippen LogP contribution in [0.5, 0.6) is 5.75 Å². The summed E-state index contributed by atoms with van der Waals surface area (Å²) in [4.78, 5) is 16.6. The number of nitrogens with one attached hydrogen (secondary N) is 1. The molecule has 0 atom stereocenters. The molecule has 0 fully saturated rings. The van der Waals surface area contributed by atoms with E-state index in [-0.39, 0.29) is 5.91 Å². The number of carbonyl (C=O) groups excluding carboxylic acids is 1. The van der Waals surface area contributed by atoms with E-state index in [1.807, 2.05) is 49.4 Å². The summed E-state index contributed by atoms with van der Waals surface area (Å²) in [6.07, 6.45) is 3.28. The first-order valence-electron chi connectivity index (χ1n) is 7.56. The Bertz CT molecular complexity index is 826. The van der Waals surface area contributed by atoms with E-state index in [0.717, 1.165) is 22.8 Å². The Morgan fingerprint density at radius 1 is 1.21 bits per heavy atom. The molecule has 6 heteroatoms. The van der Waals surface area contributed by atoms with Gasteiger partial charge in [0.15, 0.2) is 0 Å². The first-order valence-corrected chi connectivity index (χ1v) is 7.56. The fraction of sp³-hybridized carbons (Fsp3) is 0.167. The Kier molecular flexibility index (Phi) is 4.56. The maximum Gasteiger partial charge on any atom is 0.255 e. The second kappa shape index (κ2) is 6.95. The van der Waals surface area contributed by atoms with Crippen LogP contribution in [-0.2, 0) is 6.54 Å². The molecular weight excluding hydrogens is 304 g/mol. The molecule has 6 nitrogen and oxygen atoms in total. The van der Waals surface area contributed by atoms with Crippen LogP contribution in [0.1, 0.15) is 21.7 Å². The minimum Gasteiger partial charge on any atom is -0.497 e. The lowest BCUT2D eigenvalue weighted by atomic mass is 10.2. The lowest BCUT2D eigenvalue weighted by Crippen LogP contribution is -2.23. The maximum absolute atomic E-state index is 12.4. The number of pyridine rings is 1. The fourth-order valence-corrected chi connectivity index (χ4v) is 2.39. The summed E-state index contributed by atoms with van der Waals surface area (Å²) in [5, 5.41) is 7.18. The molecule has 0 unspecified atom stereocenters. The van der Waals surface area contributed by atoms with Gasteiger partial charge in [-0.2, -0.15) is 5.10 Å². The highest BCUT2D eigenvalue weighted by Gasteiger charge is 2.15. The van der Waals surface area contributed by atoms with Gasteiger partial charge in [-0.25, -0.2) is 4.68 Å². The predicted molar refractivity (Wildman–Crippen MR) is 90.3 cm³/mol. The van der Waals surface area contributed by atoms with E-state index in [2.05, 4.69) is 15.4 Å². The van der Waals surface area contributed by atoms with E-state index in [1.54, 1.807) is 24.2 Å². The van der Waals surface area contributed by atoms with Crippen molar-refractivity contribution in [2.24, 2.45) is 0 Å². The molecule has 1 amide bonds. The third-order valence-electron chi connectivity index (χ3n) is 3.73. The van der Waals surface area contributed by atoms with E-state index in [1.165, 1.54) is 0 Å². The van der Waals surface area contributed by atoms with Crippen LogP contribution in [0.3, 0.4) is 0 Å². The normalized spacial score (nSPS) is 10.4. The molecule has 0 aliphatic rings. The van der Waals surface area contributed by atoms with Crippen molar-refractivity contribution in [2.45, 2.75) is 13.5 Å². The van der Waals surface area contributed by atoms with Crippen molar-refractivity contribution in [3.05, 3.63) is 71.8 Å². The van der Waals surface area contributed by atoms with Crippen molar-refractivity contribution >= 4 is 5.91 Å². The average molecular weight is 322 g/mol. The number of methoxy groups -OCH3 is 1. The molecule has 2 aromatic heterocycles. The zero-order valence-electron chi connectivity index (χ0n) is 13.6. The van der Waals surface area contributed by atoms with Crippen LogP contribution >= 0.6 is 0 Å². The molecule has 0 aliphatic heterocycles. The third kappa shape index (κ3) is 3.27. The quantitative estimate of drug-likeness (QED) is 0.783. The van der Waals surface area contributed by atoms with Crippen LogP contribution in [-0.4, -0.2) is 27.8 Å². The van der Waals surface area contributed by atoms with Gasteiger partial charge in [0.05, 0.1) is 42.5 Å². The minimum absolute atomic E-state index is 0.169. The zero-order chi connectivity index (χ0) is 16.9. The minimum atomic E-state index is -0.169. The Balaban J connectivity index is 1.75. The highest BCUT2D eigenvalue weighted by molar-refractivity contribution is 5.95. The van der Waals surface area contributed by atoms with Gasteiger partial charge in [-0.1, -0.05) is 6.07 Å². The first kappa shape index (κ1) is 15.7. The molecule has 122 valence electrons. The van der Waals surface area contributed by atoms with Crippen molar-refractivity contribution < 1.29 is 9.53 Å². The summed E-state index contributed by atoms with van der Waals surface area (Å²) in [5.41, 5.74) is 3.00. The molecule has 3 rings (SSSR count). The van der Waals surface area contributed by atoms with Crippen molar-refractivity contribution in [3.8, 4) is 11.4 Å². The summed E-state index contributed by atoms with van der Waals surface area (Å²) in [6.45, 7) is 2.25. The summed E-state index contributed by atoms with van der Waals surface area (Å²) in [5.74, 6) is 0.606. The van der Waals surface area contributed by atoms with Crippen LogP contribution in [0.4, 0.5) is 0 Å². The number of ether oxygens (including phenoxy) is 1. The molecule has 24 heavy (non-hydrogen) atoms. The monoisotopic (exact) mass is 322 g/mol. The Morgan fingerprint density at radius 3 is 2.67 bits per heavy atom. The van der Waals surface area contributed by atoms with Gasteiger partial charge >= 0.3 is 0 Å². The van der Waals surface area contributed by atoms with Crippen LogP contribution in [0.2, 0.25) is 0 Å². The van der Waals surface area contributed by atoms with Crippen molar-refractivity contribution in [1.82, 2.24) is 20.1 Å². The molecular formula is C18H18N4O2. The largest absolute Gasteiger partial charge is 0.497 e. The van der Waals surface area contributed by atoms with E-state index < -0.39 is 0 Å². The zero-order valence-corrected chi connectivity index (χ0v) is 13.6. The lowest BCUT2D eigenvalue weighted by Gasteiger charge is -2.07. The average Bonchev–Trinajstić information content (AvgIpc) is 3.02. The van der Waals surface area contributed by atoms with Gasteiger partial charge in [-0.15, -0.1) is 0 Å². The second-order valence-electron chi connectivity index (χ2n) is 5.26. The molecule has 1 N–H and O–H groups in total. The van der Waals surface area contributed by atoms with Gasteiger partial charge in [0.1, 0.15) is 5.75 Å². The van der Waals surface area contributed by atoms with Crippen molar-refractivity contribution in [3.63, 3.8) is 0 Å². The van der Waals surface area contributed by atoms with E-state index in [9.17, 15) is 4.79 Å². The van der Waals surface area contributed by atoms with Gasteiger partial charge < -0.3 is 10.1 Å². The van der Waals surface area contributed by atoms with E-state index in [4.69, 9.17) is 4.74 Å². The molecule has 0 saturated heterocycles. The van der Waals surface area contributed by atoms with Gasteiger partial charge in [0.25, 0.3) is 5.91 Å². The van der Waals surface area contributed by atoms with E-state index in [0.29, 0.717) is 12.1 Å². The molecule has 2 heterocycles. The number of amides is 1. The molecule has 1 aromatic carbocycles. The number of hydrogen-bond acceptors (Lipinski definition) is 4. The summed E-state index contributed by atoms with van der Waals surface area (Å²) in [6, 6.07) is 13.1. The van der Waals surface area contributed by atoms with Crippen molar-refractivity contribution in [1.29, 1.82) is 0 Å². The highest BCUT2D eigenvalue weighted by Crippen LogP contribution is 2.17. The van der Waals surface area contributed by atoms with Gasteiger partial charge in [0.2, 0.25) is 0 Å². The first-order chi connectivity index (χ1) is 11.7. The number of hydrogen-bond donors (Lipinski definition) is 1. The van der Waals surface area contributed by atoms with Crippen LogP contribution in [0.25, 0.3) is 5.69 Å². The summed E-state index contributed by atoms with van der Waals surface area (Å²) < 4.78 is 6.88. The standard InChI is InChI=1S/C18H18N4O2/c1-13-17(18(23)20-11-14-5-3-4-10-19-14)12-21-22(13)15-6-8-16(24-2)9-7-15/h3-10,12H,11H2,1-2H3,(H,20,23). The smallest absolute Gasteiger partial charge is 0.255 e. The summed E-state index contributed by atoms with van der Waals surface area (Å²) >= 11 is 0. The van der Waals surface area contributed by atoms with E-state index >= 15 is 0 Å². The molecule has 0 spiro atoms. The van der Waals surface area contributed by atoms with Gasteiger partial charge in [0, 0.05) is 6.20 Å². The van der Waals surface area contributed by atoms with Crippen LogP contribution in [0, 0.1) is 6.92 Å². The second-order valence-corrected chi connectivity index (χ2v) is 5.26. The van der Waals surface area contributed by atoms with Crippen molar-refractivity contribution in [2.75, 3.05) is 7.11 Å². The molecule has 0 aliphatic carbocycles. The van der Waals surface area contributed by atoms with Gasteiger partial charge in [-0.3, -0.25) is 9.78 Å². The number of benzene rings is 1. The fourth-order valence-electron chi connectivity index (χ4n) is 2.39. The Labute approximate surface area is 140 Å². The SMILES string of the molecule is COc1ccc(-n2ncc(C(=O)NCc3ccccn3)c2C)cc1. The van der Waals surface area contributed by atoms with Crippen LogP contribution in [0.15, 0.2) is 54.9 Å². The molecule has 0 bridgehead atoms. The number of aromatic nitrogens is 3.